The maximum Gasteiger partial charge on any atom is 0.122 e. The van der Waals surface area contributed by atoms with Crippen LogP contribution >= 0.6 is 0 Å². The van der Waals surface area contributed by atoms with Crippen LogP contribution < -0.4 is 0 Å². The molecular formula is C24H21FO. The SMILES string of the molecule is C=Cc1cccc2c1CCC1=C(CCC=C1F)/C2=C\c1cccc(O)c1. The van der Waals surface area contributed by atoms with Gasteiger partial charge in [0.1, 0.15) is 11.6 Å². The van der Waals surface area contributed by atoms with E-state index in [1.807, 2.05) is 24.3 Å². The lowest BCUT2D eigenvalue weighted by Gasteiger charge is -2.19. The van der Waals surface area contributed by atoms with Crippen LogP contribution in [0.25, 0.3) is 17.7 Å². The summed E-state index contributed by atoms with van der Waals surface area (Å²) in [7, 11) is 0. The Bertz CT molecular complexity index is 975. The predicted molar refractivity (Wildman–Crippen MR) is 106 cm³/mol. The van der Waals surface area contributed by atoms with Crippen LogP contribution in [0.5, 0.6) is 5.75 Å². The third-order valence-electron chi connectivity index (χ3n) is 5.22. The van der Waals surface area contributed by atoms with E-state index in [2.05, 4.69) is 24.8 Å². The zero-order chi connectivity index (χ0) is 18.1. The van der Waals surface area contributed by atoms with Crippen molar-refractivity contribution in [3.63, 3.8) is 0 Å². The van der Waals surface area contributed by atoms with E-state index >= 15 is 0 Å². The Hall–Kier alpha value is -2.87. The molecule has 0 heterocycles. The summed E-state index contributed by atoms with van der Waals surface area (Å²) in [6.45, 7) is 3.94. The number of halogens is 1. The Balaban J connectivity index is 1.98. The Morgan fingerprint density at radius 1 is 1.00 bits per heavy atom. The number of aromatic hydroxyl groups is 1. The van der Waals surface area contributed by atoms with Gasteiger partial charge in [-0.3, -0.25) is 0 Å². The van der Waals surface area contributed by atoms with Crippen molar-refractivity contribution in [3.05, 3.63) is 94.3 Å². The number of benzene rings is 2. The predicted octanol–water partition coefficient (Wildman–Crippen LogP) is 6.47. The minimum absolute atomic E-state index is 0.0824. The number of phenols is 1. The first-order valence-electron chi connectivity index (χ1n) is 9.01. The highest BCUT2D eigenvalue weighted by Crippen LogP contribution is 2.43. The summed E-state index contributed by atoms with van der Waals surface area (Å²) in [6, 6.07) is 13.4. The van der Waals surface area contributed by atoms with Gasteiger partial charge >= 0.3 is 0 Å². The second-order valence-electron chi connectivity index (χ2n) is 6.78. The average Bonchev–Trinajstić information content (AvgIpc) is 2.80. The molecule has 26 heavy (non-hydrogen) atoms. The number of hydrogen-bond donors (Lipinski definition) is 1. The molecule has 4 rings (SSSR count). The van der Waals surface area contributed by atoms with Crippen molar-refractivity contribution in [3.8, 4) is 5.75 Å². The number of hydrogen-bond acceptors (Lipinski definition) is 1. The van der Waals surface area contributed by atoms with Gasteiger partial charge in [-0.25, -0.2) is 4.39 Å². The molecule has 0 amide bonds. The molecule has 130 valence electrons. The highest BCUT2D eigenvalue weighted by atomic mass is 19.1. The molecule has 0 saturated carbocycles. The summed E-state index contributed by atoms with van der Waals surface area (Å²) in [5.41, 5.74) is 7.36. The third kappa shape index (κ3) is 2.92. The molecule has 0 unspecified atom stereocenters. The van der Waals surface area contributed by atoms with E-state index in [9.17, 15) is 9.50 Å². The fraction of sp³-hybridized carbons (Fsp3) is 0.167. The molecule has 0 aliphatic heterocycles. The summed E-state index contributed by atoms with van der Waals surface area (Å²) in [6.07, 6.45) is 8.72. The normalized spacial score (nSPS) is 18.0. The van der Waals surface area contributed by atoms with Crippen LogP contribution in [0.3, 0.4) is 0 Å². The fourth-order valence-corrected chi connectivity index (χ4v) is 4.01. The Kier molecular flexibility index (Phi) is 4.34. The first-order chi connectivity index (χ1) is 12.7. The third-order valence-corrected chi connectivity index (χ3v) is 5.22. The van der Waals surface area contributed by atoms with Crippen molar-refractivity contribution < 1.29 is 9.50 Å². The fourth-order valence-electron chi connectivity index (χ4n) is 4.01. The zero-order valence-corrected chi connectivity index (χ0v) is 14.6. The van der Waals surface area contributed by atoms with E-state index in [4.69, 9.17) is 0 Å². The molecule has 2 aliphatic rings. The standard InChI is InChI=1S/C24H21FO/c1-2-17-7-4-9-20-19(17)12-13-22-21(10-5-11-24(22)25)23(20)15-16-6-3-8-18(26)14-16/h2-4,6-9,11,14-15,26H,1,5,10,12-13H2/b23-15-. The van der Waals surface area contributed by atoms with E-state index in [-0.39, 0.29) is 11.6 Å². The summed E-state index contributed by atoms with van der Waals surface area (Å²) in [5.74, 6) is 0.151. The number of fused-ring (bicyclic) bond motifs is 1. The summed E-state index contributed by atoms with van der Waals surface area (Å²) < 4.78 is 14.6. The Morgan fingerprint density at radius 2 is 1.85 bits per heavy atom. The summed E-state index contributed by atoms with van der Waals surface area (Å²) in [5, 5.41) is 9.83. The molecule has 0 saturated heterocycles. The molecule has 2 aliphatic carbocycles. The highest BCUT2D eigenvalue weighted by molar-refractivity contribution is 5.94. The lowest BCUT2D eigenvalue weighted by atomic mass is 9.86. The van der Waals surface area contributed by atoms with Gasteiger partial charge in [-0.15, -0.1) is 0 Å². The van der Waals surface area contributed by atoms with Gasteiger partial charge in [-0.2, -0.15) is 0 Å². The van der Waals surface area contributed by atoms with Crippen molar-refractivity contribution >= 4 is 17.7 Å². The first-order valence-corrected chi connectivity index (χ1v) is 9.01. The lowest BCUT2D eigenvalue weighted by molar-refractivity contribution is 0.475. The highest BCUT2D eigenvalue weighted by Gasteiger charge is 2.25. The van der Waals surface area contributed by atoms with Crippen LogP contribution in [0, 0.1) is 0 Å². The Labute approximate surface area is 153 Å². The van der Waals surface area contributed by atoms with Crippen molar-refractivity contribution in [1.29, 1.82) is 0 Å². The number of phenolic OH excluding ortho intramolecular Hbond substituents is 1. The van der Waals surface area contributed by atoms with Crippen molar-refractivity contribution in [2.24, 2.45) is 0 Å². The molecule has 0 aromatic heterocycles. The number of rotatable bonds is 2. The van der Waals surface area contributed by atoms with E-state index in [1.54, 1.807) is 18.2 Å². The number of allylic oxidation sites excluding steroid dienone is 5. The first kappa shape index (κ1) is 16.6. The molecule has 0 bridgehead atoms. The minimum Gasteiger partial charge on any atom is -0.508 e. The molecule has 2 heteroatoms. The molecule has 0 spiro atoms. The second-order valence-corrected chi connectivity index (χ2v) is 6.78. The molecule has 0 fully saturated rings. The van der Waals surface area contributed by atoms with Crippen molar-refractivity contribution in [1.82, 2.24) is 0 Å². The maximum atomic E-state index is 14.6. The molecule has 0 radical (unpaired) electrons. The Morgan fingerprint density at radius 3 is 2.65 bits per heavy atom. The van der Waals surface area contributed by atoms with E-state index in [0.29, 0.717) is 6.42 Å². The average molecular weight is 344 g/mol. The van der Waals surface area contributed by atoms with Gasteiger partial charge in [0, 0.05) is 0 Å². The van der Waals surface area contributed by atoms with Crippen LogP contribution in [0.1, 0.15) is 41.5 Å². The molecule has 2 aromatic rings. The molecule has 1 nitrogen and oxygen atoms in total. The van der Waals surface area contributed by atoms with Crippen molar-refractivity contribution in [2.75, 3.05) is 0 Å². The minimum atomic E-state index is -0.0824. The van der Waals surface area contributed by atoms with Crippen LogP contribution in [0.15, 0.2) is 72.1 Å². The topological polar surface area (TPSA) is 20.2 Å². The summed E-state index contributed by atoms with van der Waals surface area (Å²) in [4.78, 5) is 0. The second kappa shape index (κ2) is 6.80. The molecular weight excluding hydrogens is 323 g/mol. The van der Waals surface area contributed by atoms with E-state index < -0.39 is 0 Å². The lowest BCUT2D eigenvalue weighted by Crippen LogP contribution is -2.00. The van der Waals surface area contributed by atoms with Gasteiger partial charge in [-0.05, 0) is 88.9 Å². The van der Waals surface area contributed by atoms with Crippen LogP contribution in [0.4, 0.5) is 4.39 Å². The largest absolute Gasteiger partial charge is 0.508 e. The van der Waals surface area contributed by atoms with Gasteiger partial charge < -0.3 is 5.11 Å². The quantitative estimate of drug-likeness (QED) is 0.662. The smallest absolute Gasteiger partial charge is 0.122 e. The van der Waals surface area contributed by atoms with Crippen LogP contribution in [0.2, 0.25) is 0 Å². The van der Waals surface area contributed by atoms with Gasteiger partial charge in [0.2, 0.25) is 0 Å². The van der Waals surface area contributed by atoms with Gasteiger partial charge in [-0.1, -0.05) is 43.0 Å². The van der Waals surface area contributed by atoms with E-state index in [0.717, 1.165) is 52.7 Å². The molecule has 2 aromatic carbocycles. The molecule has 0 atom stereocenters. The van der Waals surface area contributed by atoms with Crippen LogP contribution in [-0.4, -0.2) is 5.11 Å². The van der Waals surface area contributed by atoms with Crippen LogP contribution in [-0.2, 0) is 6.42 Å². The van der Waals surface area contributed by atoms with Gasteiger partial charge in [0.25, 0.3) is 0 Å². The summed E-state index contributed by atoms with van der Waals surface area (Å²) >= 11 is 0. The molecule has 1 N–H and O–H groups in total. The van der Waals surface area contributed by atoms with Crippen molar-refractivity contribution in [2.45, 2.75) is 25.7 Å². The van der Waals surface area contributed by atoms with Gasteiger partial charge in [0.15, 0.2) is 0 Å². The van der Waals surface area contributed by atoms with Gasteiger partial charge in [0.05, 0.1) is 0 Å². The monoisotopic (exact) mass is 344 g/mol. The maximum absolute atomic E-state index is 14.6. The zero-order valence-electron chi connectivity index (χ0n) is 14.6. The van der Waals surface area contributed by atoms with E-state index in [1.165, 1.54) is 5.56 Å².